The first-order valence-electron chi connectivity index (χ1n) is 10.8. The number of carbonyl (C=O) groups is 1. The topological polar surface area (TPSA) is 49.6 Å². The van der Waals surface area contributed by atoms with Crippen molar-refractivity contribution in [3.63, 3.8) is 0 Å². The van der Waals surface area contributed by atoms with Crippen LogP contribution in [-0.4, -0.2) is 35.6 Å². The van der Waals surface area contributed by atoms with Gasteiger partial charge in [0.25, 0.3) is 5.91 Å². The molecule has 5 nitrogen and oxygen atoms in total. The zero-order chi connectivity index (χ0) is 22.4. The Hall–Kier alpha value is -3.15. The third-order valence-electron chi connectivity index (χ3n) is 5.19. The summed E-state index contributed by atoms with van der Waals surface area (Å²) in [7, 11) is 0. The van der Waals surface area contributed by atoms with E-state index in [1.807, 2.05) is 58.0 Å². The summed E-state index contributed by atoms with van der Waals surface area (Å²) in [5, 5.41) is 4.36. The Kier molecular flexibility index (Phi) is 7.45. The molecule has 0 fully saturated rings. The maximum absolute atomic E-state index is 14.4. The smallest absolute Gasteiger partial charge is 0.257 e. The van der Waals surface area contributed by atoms with Crippen molar-refractivity contribution in [1.29, 1.82) is 0 Å². The average molecular weight is 424 g/mol. The molecule has 0 N–H and O–H groups in total. The van der Waals surface area contributed by atoms with Crippen LogP contribution in [0.5, 0.6) is 0 Å². The number of halogens is 1. The Balaban J connectivity index is 2.06. The number of nitrogens with zero attached hydrogens (tertiary/aromatic N) is 3. The fourth-order valence-electron chi connectivity index (χ4n) is 3.68. The van der Waals surface area contributed by atoms with Crippen molar-refractivity contribution >= 4 is 11.8 Å². The molecule has 0 aliphatic carbocycles. The van der Waals surface area contributed by atoms with Gasteiger partial charge in [0, 0.05) is 25.2 Å². The monoisotopic (exact) mass is 423 g/mol. The maximum Gasteiger partial charge on any atom is 0.257 e. The van der Waals surface area contributed by atoms with Crippen molar-refractivity contribution in [2.24, 2.45) is 5.92 Å². The van der Waals surface area contributed by atoms with Gasteiger partial charge in [-0.25, -0.2) is 4.39 Å². The third-order valence-corrected chi connectivity index (χ3v) is 5.19. The normalized spacial score (nSPS) is 11.0. The number of benzene rings is 2. The van der Waals surface area contributed by atoms with Crippen molar-refractivity contribution in [1.82, 2.24) is 10.1 Å². The number of hydrogen-bond donors (Lipinski definition) is 0. The summed E-state index contributed by atoms with van der Waals surface area (Å²) in [4.78, 5) is 17.1. The summed E-state index contributed by atoms with van der Waals surface area (Å²) in [5.41, 5.74) is 2.53. The number of amides is 1. The summed E-state index contributed by atoms with van der Waals surface area (Å²) in [5.74, 6) is 0.0166. The average Bonchev–Trinajstić information content (AvgIpc) is 3.18. The lowest BCUT2D eigenvalue weighted by molar-refractivity contribution is 0.0718. The van der Waals surface area contributed by atoms with Gasteiger partial charge < -0.3 is 14.3 Å². The molecule has 2 aromatic carbocycles. The predicted octanol–water partition coefficient (Wildman–Crippen LogP) is 5.63. The molecule has 0 unspecified atom stereocenters. The molecule has 0 saturated carbocycles. The van der Waals surface area contributed by atoms with Crippen LogP contribution in [0.2, 0.25) is 0 Å². The fraction of sp³-hybridized carbons (Fsp3) is 0.360. The highest BCUT2D eigenvalue weighted by molar-refractivity contribution is 5.94. The molecule has 1 heterocycles. The van der Waals surface area contributed by atoms with Crippen LogP contribution in [0.4, 0.5) is 10.3 Å². The molecular formula is C25H30FN3O2. The molecular weight excluding hydrogens is 393 g/mol. The molecule has 0 spiro atoms. The van der Waals surface area contributed by atoms with Crippen LogP contribution in [0.25, 0.3) is 11.3 Å². The minimum atomic E-state index is -0.515. The molecule has 164 valence electrons. The van der Waals surface area contributed by atoms with Crippen LogP contribution in [0.3, 0.4) is 0 Å². The van der Waals surface area contributed by atoms with Gasteiger partial charge in [0.2, 0.25) is 5.88 Å². The van der Waals surface area contributed by atoms with E-state index >= 15 is 0 Å². The van der Waals surface area contributed by atoms with Crippen LogP contribution in [0, 0.1) is 11.7 Å². The molecule has 0 radical (unpaired) electrons. The van der Waals surface area contributed by atoms with Gasteiger partial charge in [-0.15, -0.1) is 0 Å². The largest absolute Gasteiger partial charge is 0.341 e. The van der Waals surface area contributed by atoms with E-state index in [1.165, 1.54) is 12.1 Å². The molecule has 0 saturated heterocycles. The second kappa shape index (κ2) is 10.2. The fourth-order valence-corrected chi connectivity index (χ4v) is 3.68. The lowest BCUT2D eigenvalue weighted by Crippen LogP contribution is -2.35. The van der Waals surface area contributed by atoms with E-state index in [1.54, 1.807) is 17.0 Å². The van der Waals surface area contributed by atoms with Gasteiger partial charge in [-0.1, -0.05) is 61.5 Å². The first-order valence-corrected chi connectivity index (χ1v) is 10.8. The van der Waals surface area contributed by atoms with Gasteiger partial charge in [0.1, 0.15) is 11.5 Å². The minimum Gasteiger partial charge on any atom is -0.341 e. The molecule has 31 heavy (non-hydrogen) atoms. The van der Waals surface area contributed by atoms with Crippen LogP contribution < -0.4 is 4.90 Å². The van der Waals surface area contributed by atoms with Crippen molar-refractivity contribution in [2.75, 3.05) is 24.5 Å². The molecule has 0 bridgehead atoms. The first-order chi connectivity index (χ1) is 15.0. The zero-order valence-corrected chi connectivity index (χ0v) is 18.6. The SMILES string of the molecule is CCN(CC)c1onc(-c2ccccc2)c1CN(CC(C)C)C(=O)c1ccccc1F. The van der Waals surface area contributed by atoms with Gasteiger partial charge in [0.05, 0.1) is 17.7 Å². The summed E-state index contributed by atoms with van der Waals surface area (Å²) < 4.78 is 20.2. The highest BCUT2D eigenvalue weighted by atomic mass is 19.1. The Labute approximate surface area is 183 Å². The summed E-state index contributed by atoms with van der Waals surface area (Å²) in [6, 6.07) is 15.9. The van der Waals surface area contributed by atoms with E-state index in [-0.39, 0.29) is 23.9 Å². The van der Waals surface area contributed by atoms with E-state index in [0.717, 1.165) is 24.2 Å². The molecule has 0 aliphatic heterocycles. The molecule has 1 amide bonds. The van der Waals surface area contributed by atoms with E-state index in [0.29, 0.717) is 18.1 Å². The predicted molar refractivity (Wildman–Crippen MR) is 121 cm³/mol. The summed E-state index contributed by atoms with van der Waals surface area (Å²) in [6.45, 7) is 10.5. The summed E-state index contributed by atoms with van der Waals surface area (Å²) >= 11 is 0. The van der Waals surface area contributed by atoms with Crippen molar-refractivity contribution in [2.45, 2.75) is 34.2 Å². The van der Waals surface area contributed by atoms with Gasteiger partial charge in [-0.05, 0) is 31.9 Å². The Morgan fingerprint density at radius 3 is 2.29 bits per heavy atom. The van der Waals surface area contributed by atoms with Crippen LogP contribution in [-0.2, 0) is 6.54 Å². The lowest BCUT2D eigenvalue weighted by atomic mass is 10.0. The lowest BCUT2D eigenvalue weighted by Gasteiger charge is -2.26. The van der Waals surface area contributed by atoms with Crippen molar-refractivity contribution in [3.8, 4) is 11.3 Å². The van der Waals surface area contributed by atoms with Gasteiger partial charge in [-0.3, -0.25) is 4.79 Å². The number of anilines is 1. The Morgan fingerprint density at radius 2 is 1.68 bits per heavy atom. The van der Waals surface area contributed by atoms with Crippen LogP contribution in [0.1, 0.15) is 43.6 Å². The first kappa shape index (κ1) is 22.5. The molecule has 0 atom stereocenters. The van der Waals surface area contributed by atoms with E-state index in [2.05, 4.69) is 10.1 Å². The second-order valence-corrected chi connectivity index (χ2v) is 7.91. The molecule has 3 aromatic rings. The van der Waals surface area contributed by atoms with E-state index in [4.69, 9.17) is 4.52 Å². The molecule has 3 rings (SSSR count). The zero-order valence-electron chi connectivity index (χ0n) is 18.6. The molecule has 1 aromatic heterocycles. The van der Waals surface area contributed by atoms with Crippen LogP contribution >= 0.6 is 0 Å². The number of carbonyl (C=O) groups excluding carboxylic acids is 1. The minimum absolute atomic E-state index is 0.0743. The van der Waals surface area contributed by atoms with E-state index in [9.17, 15) is 9.18 Å². The highest BCUT2D eigenvalue weighted by Gasteiger charge is 2.27. The van der Waals surface area contributed by atoms with Crippen molar-refractivity contribution < 1.29 is 13.7 Å². The second-order valence-electron chi connectivity index (χ2n) is 7.91. The van der Waals surface area contributed by atoms with Crippen LogP contribution in [0.15, 0.2) is 59.1 Å². The van der Waals surface area contributed by atoms with Gasteiger partial charge in [-0.2, -0.15) is 0 Å². The van der Waals surface area contributed by atoms with Gasteiger partial charge in [0.15, 0.2) is 0 Å². The number of hydrogen-bond acceptors (Lipinski definition) is 4. The Morgan fingerprint density at radius 1 is 1.03 bits per heavy atom. The standard InChI is InChI=1S/C25H30FN3O2/c1-5-28(6-2)25-21(23(27-31-25)19-12-8-7-9-13-19)17-29(16-18(3)4)24(30)20-14-10-11-15-22(20)26/h7-15,18H,5-6,16-17H2,1-4H3. The quantitative estimate of drug-likeness (QED) is 0.448. The van der Waals surface area contributed by atoms with Gasteiger partial charge >= 0.3 is 0 Å². The highest BCUT2D eigenvalue weighted by Crippen LogP contribution is 2.33. The van der Waals surface area contributed by atoms with E-state index < -0.39 is 5.82 Å². The van der Waals surface area contributed by atoms with Crippen molar-refractivity contribution in [3.05, 3.63) is 71.5 Å². The maximum atomic E-state index is 14.4. The molecule has 0 aliphatic rings. The third kappa shape index (κ3) is 5.13. The molecule has 6 heteroatoms. The number of rotatable bonds is 9. The summed E-state index contributed by atoms with van der Waals surface area (Å²) in [6.07, 6.45) is 0. The Bertz CT molecular complexity index is 997. The number of aromatic nitrogens is 1.